The van der Waals surface area contributed by atoms with E-state index in [1.807, 2.05) is 42.1 Å². The summed E-state index contributed by atoms with van der Waals surface area (Å²) in [5.74, 6) is 0.848. The number of aromatic nitrogens is 5. The highest BCUT2D eigenvalue weighted by molar-refractivity contribution is 6.06. The summed E-state index contributed by atoms with van der Waals surface area (Å²) in [6.07, 6.45) is 1.89. The Morgan fingerprint density at radius 3 is 2.83 bits per heavy atom. The molecule has 0 aliphatic rings. The number of H-pyrrole nitrogens is 1. The van der Waals surface area contributed by atoms with Gasteiger partial charge in [0.2, 0.25) is 0 Å². The summed E-state index contributed by atoms with van der Waals surface area (Å²) in [5, 5.41) is 14.9. The molecule has 23 heavy (non-hydrogen) atoms. The van der Waals surface area contributed by atoms with Crippen molar-refractivity contribution < 1.29 is 4.79 Å². The van der Waals surface area contributed by atoms with Gasteiger partial charge >= 0.3 is 0 Å². The van der Waals surface area contributed by atoms with Gasteiger partial charge in [-0.15, -0.1) is 10.2 Å². The molecule has 0 spiro atoms. The summed E-state index contributed by atoms with van der Waals surface area (Å²) in [4.78, 5) is 14.8. The molecule has 0 atom stereocenters. The highest BCUT2D eigenvalue weighted by atomic mass is 16.2. The van der Waals surface area contributed by atoms with Gasteiger partial charge < -0.3 is 9.47 Å². The first-order valence-electron chi connectivity index (χ1n) is 7.62. The number of carbonyl (C=O) groups excluding carboxylic acids is 1. The number of rotatable bonds is 5. The van der Waals surface area contributed by atoms with Crippen molar-refractivity contribution in [3.63, 3.8) is 0 Å². The van der Waals surface area contributed by atoms with Crippen LogP contribution in [0.1, 0.15) is 30.0 Å². The Hall–Kier alpha value is -2.70. The molecule has 3 rings (SSSR count). The van der Waals surface area contributed by atoms with Crippen LogP contribution in [-0.2, 0) is 13.6 Å². The maximum absolute atomic E-state index is 13.1. The van der Waals surface area contributed by atoms with Crippen molar-refractivity contribution in [1.29, 1.82) is 0 Å². The minimum Gasteiger partial charge on any atom is -0.350 e. The molecule has 0 aliphatic carbocycles. The molecule has 7 heteroatoms. The van der Waals surface area contributed by atoms with E-state index in [1.54, 1.807) is 4.90 Å². The fourth-order valence-corrected chi connectivity index (χ4v) is 2.76. The van der Waals surface area contributed by atoms with Crippen LogP contribution in [0, 0.1) is 5.92 Å². The average Bonchev–Trinajstić information content (AvgIpc) is 3.14. The van der Waals surface area contributed by atoms with Crippen molar-refractivity contribution in [3.8, 4) is 0 Å². The van der Waals surface area contributed by atoms with Crippen LogP contribution in [0.4, 0.5) is 0 Å². The quantitative estimate of drug-likeness (QED) is 0.781. The van der Waals surface area contributed by atoms with Crippen molar-refractivity contribution in [1.82, 2.24) is 30.1 Å². The van der Waals surface area contributed by atoms with E-state index in [9.17, 15) is 4.79 Å². The van der Waals surface area contributed by atoms with Gasteiger partial charge in [-0.1, -0.05) is 37.3 Å². The first-order chi connectivity index (χ1) is 11.1. The summed E-state index contributed by atoms with van der Waals surface area (Å²) < 4.78 is 1.98. The van der Waals surface area contributed by atoms with E-state index in [-0.39, 0.29) is 5.91 Å². The van der Waals surface area contributed by atoms with Gasteiger partial charge in [-0.25, -0.2) is 0 Å². The van der Waals surface area contributed by atoms with E-state index in [0.717, 1.165) is 10.9 Å². The number of nitrogens with zero attached hydrogens (tertiary/aromatic N) is 5. The molecule has 0 unspecified atom stereocenters. The van der Waals surface area contributed by atoms with E-state index in [2.05, 4.69) is 34.5 Å². The third-order valence-electron chi connectivity index (χ3n) is 3.72. The Balaban J connectivity index is 1.95. The molecule has 0 fully saturated rings. The standard InChI is InChI=1S/C16H20N6O/c1-11(2)8-22(10-15-17-19-20-18-15)16(23)13-9-21(3)14-7-5-4-6-12(13)14/h4-7,9,11H,8,10H2,1-3H3,(H,17,18,19,20). The fraction of sp³-hybridized carbons (Fsp3) is 0.375. The van der Waals surface area contributed by atoms with Crippen LogP contribution < -0.4 is 0 Å². The van der Waals surface area contributed by atoms with Crippen LogP contribution in [0.3, 0.4) is 0 Å². The van der Waals surface area contributed by atoms with E-state index in [4.69, 9.17) is 0 Å². The van der Waals surface area contributed by atoms with Crippen LogP contribution >= 0.6 is 0 Å². The van der Waals surface area contributed by atoms with Gasteiger partial charge in [0, 0.05) is 30.7 Å². The summed E-state index contributed by atoms with van der Waals surface area (Å²) in [5.41, 5.74) is 1.74. The molecule has 0 bridgehead atoms. The van der Waals surface area contributed by atoms with E-state index < -0.39 is 0 Å². The summed E-state index contributed by atoms with van der Waals surface area (Å²) >= 11 is 0. The number of hydrogen-bond donors (Lipinski definition) is 1. The summed E-state index contributed by atoms with van der Waals surface area (Å²) in [6.45, 7) is 5.15. The van der Waals surface area contributed by atoms with Gasteiger partial charge in [0.1, 0.15) is 0 Å². The van der Waals surface area contributed by atoms with E-state index >= 15 is 0 Å². The molecule has 1 N–H and O–H groups in total. The zero-order valence-electron chi connectivity index (χ0n) is 13.5. The molecular formula is C16H20N6O. The summed E-state index contributed by atoms with van der Waals surface area (Å²) in [7, 11) is 1.95. The molecule has 1 aromatic carbocycles. The van der Waals surface area contributed by atoms with Gasteiger partial charge in [-0.2, -0.15) is 5.21 Å². The van der Waals surface area contributed by atoms with Crippen molar-refractivity contribution in [2.75, 3.05) is 6.54 Å². The van der Waals surface area contributed by atoms with Gasteiger partial charge in [0.15, 0.2) is 5.82 Å². The number of nitrogens with one attached hydrogen (secondary N) is 1. The minimum atomic E-state index is -0.0136. The van der Waals surface area contributed by atoms with Crippen LogP contribution in [0.5, 0.6) is 0 Å². The molecule has 2 heterocycles. The van der Waals surface area contributed by atoms with E-state index in [0.29, 0.717) is 30.4 Å². The predicted octanol–water partition coefficient (Wildman–Crippen LogP) is 1.99. The number of benzene rings is 1. The highest BCUT2D eigenvalue weighted by Gasteiger charge is 2.22. The smallest absolute Gasteiger partial charge is 0.256 e. The topological polar surface area (TPSA) is 79.7 Å². The second-order valence-corrected chi connectivity index (χ2v) is 6.08. The molecule has 0 saturated heterocycles. The Bertz CT molecular complexity index is 805. The first kappa shape index (κ1) is 15.2. The molecule has 0 saturated carbocycles. The Morgan fingerprint density at radius 2 is 2.13 bits per heavy atom. The maximum Gasteiger partial charge on any atom is 0.256 e. The lowest BCUT2D eigenvalue weighted by atomic mass is 10.1. The number of para-hydroxylation sites is 1. The Kier molecular flexibility index (Phi) is 4.10. The molecule has 0 radical (unpaired) electrons. The van der Waals surface area contributed by atoms with E-state index in [1.165, 1.54) is 0 Å². The van der Waals surface area contributed by atoms with Crippen molar-refractivity contribution in [2.45, 2.75) is 20.4 Å². The minimum absolute atomic E-state index is 0.0136. The fourth-order valence-electron chi connectivity index (χ4n) is 2.76. The lowest BCUT2D eigenvalue weighted by molar-refractivity contribution is 0.0720. The van der Waals surface area contributed by atoms with Crippen molar-refractivity contribution in [3.05, 3.63) is 41.9 Å². The molecule has 120 valence electrons. The average molecular weight is 312 g/mol. The number of fused-ring (bicyclic) bond motifs is 1. The van der Waals surface area contributed by atoms with Crippen LogP contribution in [0.25, 0.3) is 10.9 Å². The molecule has 7 nitrogen and oxygen atoms in total. The third-order valence-corrected chi connectivity index (χ3v) is 3.72. The second kappa shape index (κ2) is 6.20. The highest BCUT2D eigenvalue weighted by Crippen LogP contribution is 2.22. The summed E-state index contributed by atoms with van der Waals surface area (Å²) in [6, 6.07) is 7.91. The molecular weight excluding hydrogens is 292 g/mol. The molecule has 3 aromatic rings. The van der Waals surface area contributed by atoms with Gasteiger partial charge in [-0.3, -0.25) is 4.79 Å². The second-order valence-electron chi connectivity index (χ2n) is 6.08. The lowest BCUT2D eigenvalue weighted by Gasteiger charge is -2.23. The molecule has 0 aliphatic heterocycles. The first-order valence-corrected chi connectivity index (χ1v) is 7.62. The Labute approximate surface area is 134 Å². The van der Waals surface area contributed by atoms with Crippen LogP contribution in [0.15, 0.2) is 30.5 Å². The monoisotopic (exact) mass is 312 g/mol. The zero-order chi connectivity index (χ0) is 16.4. The molecule has 2 aromatic heterocycles. The largest absolute Gasteiger partial charge is 0.350 e. The number of tetrazole rings is 1. The predicted molar refractivity (Wildman–Crippen MR) is 86.7 cm³/mol. The maximum atomic E-state index is 13.1. The van der Waals surface area contributed by atoms with Crippen LogP contribution in [-0.4, -0.2) is 42.5 Å². The van der Waals surface area contributed by atoms with Crippen molar-refractivity contribution >= 4 is 16.8 Å². The zero-order valence-corrected chi connectivity index (χ0v) is 13.5. The normalized spacial score (nSPS) is 11.3. The van der Waals surface area contributed by atoms with Crippen molar-refractivity contribution in [2.24, 2.45) is 13.0 Å². The van der Waals surface area contributed by atoms with Crippen LogP contribution in [0.2, 0.25) is 0 Å². The third kappa shape index (κ3) is 3.08. The number of aromatic amines is 1. The number of carbonyl (C=O) groups is 1. The number of amides is 1. The SMILES string of the molecule is CC(C)CN(Cc1nn[nH]n1)C(=O)c1cn(C)c2ccccc12. The number of hydrogen-bond acceptors (Lipinski definition) is 4. The van der Waals surface area contributed by atoms with Gasteiger partial charge in [-0.05, 0) is 12.0 Å². The van der Waals surface area contributed by atoms with Gasteiger partial charge in [0.25, 0.3) is 5.91 Å². The Morgan fingerprint density at radius 1 is 1.35 bits per heavy atom. The lowest BCUT2D eigenvalue weighted by Crippen LogP contribution is -2.34. The molecule has 1 amide bonds. The van der Waals surface area contributed by atoms with Gasteiger partial charge in [0.05, 0.1) is 12.1 Å². The number of aryl methyl sites for hydroxylation is 1.